The third-order valence-electron chi connectivity index (χ3n) is 7.63. The number of nitrogens with one attached hydrogen (secondary N) is 2. The van der Waals surface area contributed by atoms with Crippen molar-refractivity contribution in [2.24, 2.45) is 22.6 Å². The number of aliphatic imine (C=N–C) groups is 1. The van der Waals surface area contributed by atoms with Gasteiger partial charge in [-0.15, -0.1) is 0 Å². The number of carbonyl (C=O) groups is 3. The summed E-state index contributed by atoms with van der Waals surface area (Å²) in [5, 5.41) is 5.75. The van der Waals surface area contributed by atoms with Gasteiger partial charge in [-0.25, -0.2) is 9.79 Å². The minimum atomic E-state index is -0.995. The standard InChI is InChI=1S/C29H45N5O4/c1-20(2)19-29(23-15-9-6-10-16-23)26(36)34(27(30)33-29)17-11-12-21(3)31-25(35)24(32-28(37)38-4)18-22-13-7-5-8-14-22/h6,9-10,15-16,20-22,24H,5,7-8,11-14,17-19H2,1-4H3,(H2,30,33)(H,31,35)(H,32,37)/t21-,24-,29+/m0/s1. The number of rotatable bonds is 12. The van der Waals surface area contributed by atoms with Gasteiger partial charge in [-0.05, 0) is 50.0 Å². The normalized spacial score (nSPS) is 21.7. The van der Waals surface area contributed by atoms with Gasteiger partial charge in [0.15, 0.2) is 11.5 Å². The highest BCUT2D eigenvalue weighted by atomic mass is 16.5. The molecule has 1 saturated carbocycles. The number of hydrogen-bond donors (Lipinski definition) is 3. The molecule has 1 aliphatic carbocycles. The molecule has 1 heterocycles. The van der Waals surface area contributed by atoms with Crippen LogP contribution in [-0.2, 0) is 19.9 Å². The van der Waals surface area contributed by atoms with E-state index in [1.807, 2.05) is 37.3 Å². The molecule has 1 aromatic carbocycles. The average Bonchev–Trinajstić information content (AvgIpc) is 3.13. The van der Waals surface area contributed by atoms with Gasteiger partial charge in [0.05, 0.1) is 7.11 Å². The highest BCUT2D eigenvalue weighted by molar-refractivity contribution is 6.07. The predicted octanol–water partition coefficient (Wildman–Crippen LogP) is 4.06. The van der Waals surface area contributed by atoms with E-state index in [2.05, 4.69) is 24.5 Å². The maximum absolute atomic E-state index is 13.6. The minimum absolute atomic E-state index is 0.0959. The Hall–Kier alpha value is -3.10. The van der Waals surface area contributed by atoms with Crippen molar-refractivity contribution in [3.63, 3.8) is 0 Å². The van der Waals surface area contributed by atoms with Gasteiger partial charge < -0.3 is 21.1 Å². The summed E-state index contributed by atoms with van der Waals surface area (Å²) in [4.78, 5) is 44.9. The molecule has 0 spiro atoms. The lowest BCUT2D eigenvalue weighted by Crippen LogP contribution is -2.50. The predicted molar refractivity (Wildman–Crippen MR) is 148 cm³/mol. The van der Waals surface area contributed by atoms with Gasteiger partial charge in [-0.2, -0.15) is 0 Å². The number of hydrogen-bond acceptors (Lipinski definition) is 6. The van der Waals surface area contributed by atoms with Crippen molar-refractivity contribution < 1.29 is 19.1 Å². The number of nitrogens with two attached hydrogens (primary N) is 1. The molecular weight excluding hydrogens is 482 g/mol. The van der Waals surface area contributed by atoms with Crippen LogP contribution in [0, 0.1) is 11.8 Å². The Morgan fingerprint density at radius 3 is 2.45 bits per heavy atom. The molecule has 0 aromatic heterocycles. The van der Waals surface area contributed by atoms with Crippen LogP contribution < -0.4 is 16.4 Å². The van der Waals surface area contributed by atoms with E-state index in [0.29, 0.717) is 38.1 Å². The van der Waals surface area contributed by atoms with E-state index in [4.69, 9.17) is 15.5 Å². The molecule has 1 aliphatic heterocycles. The monoisotopic (exact) mass is 527 g/mol. The third-order valence-corrected chi connectivity index (χ3v) is 7.63. The first-order chi connectivity index (χ1) is 18.2. The second-order valence-electron chi connectivity index (χ2n) is 11.2. The number of carbonyl (C=O) groups excluding carboxylic acids is 3. The summed E-state index contributed by atoms with van der Waals surface area (Å²) >= 11 is 0. The van der Waals surface area contributed by atoms with Gasteiger partial charge in [0.25, 0.3) is 5.91 Å². The van der Waals surface area contributed by atoms with Gasteiger partial charge >= 0.3 is 6.09 Å². The number of nitrogens with zero attached hydrogens (tertiary/aromatic N) is 2. The molecule has 1 fully saturated rings. The molecule has 3 atom stereocenters. The van der Waals surface area contributed by atoms with Crippen LogP contribution in [0.2, 0.25) is 0 Å². The summed E-state index contributed by atoms with van der Waals surface area (Å²) in [6.45, 7) is 6.51. The lowest BCUT2D eigenvalue weighted by atomic mass is 9.82. The van der Waals surface area contributed by atoms with Crippen LogP contribution in [0.25, 0.3) is 0 Å². The van der Waals surface area contributed by atoms with E-state index >= 15 is 0 Å². The summed E-state index contributed by atoms with van der Waals surface area (Å²) < 4.78 is 4.75. The molecule has 3 rings (SSSR count). The number of benzene rings is 1. The second kappa shape index (κ2) is 13.6. The molecule has 0 radical (unpaired) electrons. The first kappa shape index (κ1) is 29.5. The average molecular weight is 528 g/mol. The Bertz CT molecular complexity index is 976. The topological polar surface area (TPSA) is 126 Å². The van der Waals surface area contributed by atoms with E-state index < -0.39 is 17.7 Å². The van der Waals surface area contributed by atoms with Crippen molar-refractivity contribution in [3.8, 4) is 0 Å². The van der Waals surface area contributed by atoms with Crippen molar-refractivity contribution >= 4 is 23.9 Å². The number of ether oxygens (including phenoxy) is 1. The number of alkyl carbamates (subject to hydrolysis) is 1. The Morgan fingerprint density at radius 2 is 1.82 bits per heavy atom. The molecule has 0 bridgehead atoms. The SMILES string of the molecule is COC(=O)N[C@@H](CC1CCCCC1)C(=O)N[C@@H](C)CCCN1C(=O)[C@@](CC(C)C)(c2ccccc2)N=C1N. The first-order valence-corrected chi connectivity index (χ1v) is 14.0. The molecule has 38 heavy (non-hydrogen) atoms. The Labute approximate surface area is 227 Å². The van der Waals surface area contributed by atoms with E-state index in [1.165, 1.54) is 13.5 Å². The maximum atomic E-state index is 13.6. The third kappa shape index (κ3) is 7.48. The molecule has 210 valence electrons. The Morgan fingerprint density at radius 1 is 1.13 bits per heavy atom. The van der Waals surface area contributed by atoms with Crippen molar-refractivity contribution in [2.45, 2.75) is 96.2 Å². The van der Waals surface area contributed by atoms with E-state index in [9.17, 15) is 14.4 Å². The minimum Gasteiger partial charge on any atom is -0.453 e. The smallest absolute Gasteiger partial charge is 0.407 e. The van der Waals surface area contributed by atoms with Crippen LogP contribution in [-0.4, -0.2) is 54.5 Å². The molecule has 9 heteroatoms. The van der Waals surface area contributed by atoms with Crippen LogP contribution >= 0.6 is 0 Å². The van der Waals surface area contributed by atoms with Crippen LogP contribution in [0.3, 0.4) is 0 Å². The fourth-order valence-corrected chi connectivity index (χ4v) is 5.75. The molecule has 4 N–H and O–H groups in total. The zero-order chi connectivity index (χ0) is 27.7. The summed E-state index contributed by atoms with van der Waals surface area (Å²) in [6, 6.07) is 8.86. The van der Waals surface area contributed by atoms with E-state index in [0.717, 1.165) is 31.2 Å². The van der Waals surface area contributed by atoms with Crippen molar-refractivity contribution in [1.29, 1.82) is 0 Å². The first-order valence-electron chi connectivity index (χ1n) is 14.0. The zero-order valence-corrected chi connectivity index (χ0v) is 23.4. The summed E-state index contributed by atoms with van der Waals surface area (Å²) in [5.41, 5.74) is 6.14. The lowest BCUT2D eigenvalue weighted by molar-refractivity contribution is -0.132. The molecule has 3 amide bonds. The number of methoxy groups -OCH3 is 1. The van der Waals surface area contributed by atoms with Crippen LogP contribution in [0.1, 0.15) is 84.1 Å². The Balaban J connectivity index is 1.56. The van der Waals surface area contributed by atoms with E-state index in [-0.39, 0.29) is 29.7 Å². The molecular formula is C29H45N5O4. The van der Waals surface area contributed by atoms with Crippen LogP contribution in [0.5, 0.6) is 0 Å². The lowest BCUT2D eigenvalue weighted by Gasteiger charge is -2.28. The van der Waals surface area contributed by atoms with Crippen molar-refractivity contribution in [3.05, 3.63) is 35.9 Å². The van der Waals surface area contributed by atoms with Crippen molar-refractivity contribution in [1.82, 2.24) is 15.5 Å². The van der Waals surface area contributed by atoms with Crippen LogP contribution in [0.15, 0.2) is 35.3 Å². The molecule has 0 saturated heterocycles. The van der Waals surface area contributed by atoms with Gasteiger partial charge in [0.1, 0.15) is 6.04 Å². The van der Waals surface area contributed by atoms with Crippen molar-refractivity contribution in [2.75, 3.05) is 13.7 Å². The van der Waals surface area contributed by atoms with Gasteiger partial charge in [0.2, 0.25) is 5.91 Å². The summed E-state index contributed by atoms with van der Waals surface area (Å²) in [5.74, 6) is 0.622. The summed E-state index contributed by atoms with van der Waals surface area (Å²) in [7, 11) is 1.30. The fraction of sp³-hybridized carbons (Fsp3) is 0.655. The summed E-state index contributed by atoms with van der Waals surface area (Å²) in [6.07, 6.45) is 7.61. The second-order valence-corrected chi connectivity index (χ2v) is 11.2. The molecule has 1 aromatic rings. The van der Waals surface area contributed by atoms with Gasteiger partial charge in [0, 0.05) is 12.6 Å². The molecule has 2 aliphatic rings. The quantitative estimate of drug-likeness (QED) is 0.378. The molecule has 9 nitrogen and oxygen atoms in total. The molecule has 0 unspecified atom stereocenters. The van der Waals surface area contributed by atoms with Gasteiger partial charge in [-0.3, -0.25) is 14.5 Å². The fourth-order valence-electron chi connectivity index (χ4n) is 5.75. The highest BCUT2D eigenvalue weighted by Crippen LogP contribution is 2.38. The zero-order valence-electron chi connectivity index (χ0n) is 23.4. The Kier molecular flexibility index (Phi) is 10.6. The number of amides is 3. The van der Waals surface area contributed by atoms with Gasteiger partial charge in [-0.1, -0.05) is 76.3 Å². The van der Waals surface area contributed by atoms with Crippen LogP contribution in [0.4, 0.5) is 4.79 Å². The van der Waals surface area contributed by atoms with E-state index in [1.54, 1.807) is 4.90 Å². The maximum Gasteiger partial charge on any atom is 0.407 e. The number of guanidine groups is 1. The highest BCUT2D eigenvalue weighted by Gasteiger charge is 2.49. The largest absolute Gasteiger partial charge is 0.453 e.